The molecule has 1 aromatic heterocycles. The molecule has 3 aliphatic heterocycles. The Morgan fingerprint density at radius 3 is 2.21 bits per heavy atom. The Bertz CT molecular complexity index is 1570. The molecule has 2 unspecified atom stereocenters. The van der Waals surface area contributed by atoms with Crippen molar-refractivity contribution in [1.82, 2.24) is 25.0 Å². The molecular weight excluding hydrogens is 677 g/mol. The van der Waals surface area contributed by atoms with Gasteiger partial charge in [0.1, 0.15) is 0 Å². The molecule has 258 valence electrons. The lowest BCUT2D eigenvalue weighted by molar-refractivity contribution is -0.137. The predicted octanol–water partition coefficient (Wildman–Crippen LogP) is 4.42. The van der Waals surface area contributed by atoms with Gasteiger partial charge < -0.3 is 24.6 Å². The number of halogens is 2. The number of methoxy groups -OCH3 is 2. The van der Waals surface area contributed by atoms with Crippen LogP contribution in [0.25, 0.3) is 0 Å². The van der Waals surface area contributed by atoms with Crippen LogP contribution in [0.4, 0.5) is 0 Å². The number of thiazole rings is 1. The van der Waals surface area contributed by atoms with Gasteiger partial charge in [0.2, 0.25) is 11.8 Å². The smallest absolute Gasteiger partial charge is 0.336 e. The minimum Gasteiger partial charge on any atom is -0.466 e. The molecule has 0 saturated carbocycles. The summed E-state index contributed by atoms with van der Waals surface area (Å²) in [6.45, 7) is 6.87. The highest BCUT2D eigenvalue weighted by molar-refractivity contribution is 7.09. The van der Waals surface area contributed by atoms with Crippen LogP contribution < -0.4 is 5.32 Å². The standard InChI is InChI=1S/C34H41Cl2N5O6S/c1-21-10-14-41(32(21)43)13-5-12-39-15-17-40(18-16-39)27(42)20-25-30(34(45)47-3)31(28-22(35)6-4-7-23(28)36)29(33(44)46-2)24(38-25)8-9-26-37-11-19-48-26/h4,6-7,11,19,21,31,38H,5,8-10,12-18,20H2,1-3H3. The lowest BCUT2D eigenvalue weighted by Gasteiger charge is -2.36. The molecule has 1 aromatic carbocycles. The molecule has 0 radical (unpaired) electrons. The summed E-state index contributed by atoms with van der Waals surface area (Å²) in [5.74, 6) is -2.25. The SMILES string of the molecule is COC(=O)C1=C(CCc2nccs2)NC(CC(=O)N2CCN(CCCN3CCC(C)C3=O)CC2)=C(C(=O)OC)C1c1c(Cl)cccc1Cl. The monoisotopic (exact) mass is 717 g/mol. The number of benzene rings is 1. The molecule has 4 heterocycles. The Kier molecular flexibility index (Phi) is 12.2. The van der Waals surface area contributed by atoms with Crippen LogP contribution in [0.5, 0.6) is 0 Å². The summed E-state index contributed by atoms with van der Waals surface area (Å²) in [5, 5.41) is 6.52. The molecule has 11 nitrogen and oxygen atoms in total. The maximum atomic E-state index is 13.9. The minimum absolute atomic E-state index is 0.0728. The maximum absolute atomic E-state index is 13.9. The van der Waals surface area contributed by atoms with E-state index < -0.39 is 17.9 Å². The van der Waals surface area contributed by atoms with Gasteiger partial charge in [-0.15, -0.1) is 11.3 Å². The van der Waals surface area contributed by atoms with Crippen molar-refractivity contribution in [3.63, 3.8) is 0 Å². The normalized spacial score (nSPS) is 20.3. The number of amides is 2. The summed E-state index contributed by atoms with van der Waals surface area (Å²) in [7, 11) is 2.52. The quantitative estimate of drug-likeness (QED) is 0.318. The van der Waals surface area contributed by atoms with Crippen molar-refractivity contribution in [2.45, 2.75) is 44.9 Å². The number of hydrogen-bond donors (Lipinski definition) is 1. The summed E-state index contributed by atoms with van der Waals surface area (Å²) in [6, 6.07) is 4.95. The van der Waals surface area contributed by atoms with E-state index in [-0.39, 0.29) is 45.3 Å². The van der Waals surface area contributed by atoms with Gasteiger partial charge in [-0.2, -0.15) is 0 Å². The third-order valence-electron chi connectivity index (χ3n) is 9.22. The summed E-state index contributed by atoms with van der Waals surface area (Å²) < 4.78 is 10.5. The van der Waals surface area contributed by atoms with Crippen LogP contribution in [-0.4, -0.2) is 103 Å². The van der Waals surface area contributed by atoms with Crippen LogP contribution >= 0.6 is 34.5 Å². The third-order valence-corrected chi connectivity index (χ3v) is 10.7. The van der Waals surface area contributed by atoms with Crippen LogP contribution in [0.2, 0.25) is 10.0 Å². The number of dihydropyridines is 1. The highest BCUT2D eigenvalue weighted by Crippen LogP contribution is 2.46. The lowest BCUT2D eigenvalue weighted by Crippen LogP contribution is -2.49. The first-order chi connectivity index (χ1) is 23.1. The van der Waals surface area contributed by atoms with Crippen LogP contribution in [0.1, 0.15) is 49.1 Å². The molecule has 2 atom stereocenters. The second-order valence-corrected chi connectivity index (χ2v) is 13.9. The fourth-order valence-corrected chi connectivity index (χ4v) is 7.85. The summed E-state index contributed by atoms with van der Waals surface area (Å²) >= 11 is 14.9. The van der Waals surface area contributed by atoms with Crippen molar-refractivity contribution < 1.29 is 28.7 Å². The van der Waals surface area contributed by atoms with Gasteiger partial charge in [0.15, 0.2) is 0 Å². The fraction of sp³-hybridized carbons (Fsp3) is 0.500. The molecule has 0 bridgehead atoms. The zero-order valence-corrected chi connectivity index (χ0v) is 29.8. The topological polar surface area (TPSA) is 121 Å². The van der Waals surface area contributed by atoms with E-state index in [1.165, 1.54) is 25.6 Å². The Morgan fingerprint density at radius 1 is 0.958 bits per heavy atom. The van der Waals surface area contributed by atoms with E-state index >= 15 is 0 Å². The molecule has 0 spiro atoms. The highest BCUT2D eigenvalue weighted by atomic mass is 35.5. The molecule has 5 rings (SSSR count). The second kappa shape index (κ2) is 16.3. The van der Waals surface area contributed by atoms with E-state index in [4.69, 9.17) is 32.7 Å². The Morgan fingerprint density at radius 2 is 1.62 bits per heavy atom. The number of nitrogens with zero attached hydrogens (tertiary/aromatic N) is 4. The van der Waals surface area contributed by atoms with Crippen LogP contribution in [-0.2, 0) is 35.1 Å². The summed E-state index contributed by atoms with van der Waals surface area (Å²) in [4.78, 5) is 63.6. The molecule has 2 fully saturated rings. The summed E-state index contributed by atoms with van der Waals surface area (Å²) in [5.41, 5.74) is 1.40. The van der Waals surface area contributed by atoms with Gasteiger partial charge in [0, 0.05) is 90.2 Å². The molecular formula is C34H41Cl2N5O6S. The van der Waals surface area contributed by atoms with Crippen LogP contribution in [0.3, 0.4) is 0 Å². The first kappa shape index (κ1) is 35.8. The number of aryl methyl sites for hydroxylation is 1. The lowest BCUT2D eigenvalue weighted by atomic mass is 9.78. The zero-order valence-electron chi connectivity index (χ0n) is 27.4. The number of rotatable bonds is 12. The van der Waals surface area contributed by atoms with Crippen molar-refractivity contribution in [2.24, 2.45) is 5.92 Å². The number of hydrogen-bond acceptors (Lipinski definition) is 10. The zero-order chi connectivity index (χ0) is 34.4. The van der Waals surface area contributed by atoms with Gasteiger partial charge in [-0.3, -0.25) is 14.5 Å². The molecule has 2 aromatic rings. The van der Waals surface area contributed by atoms with Crippen molar-refractivity contribution in [3.8, 4) is 0 Å². The number of carbonyl (C=O) groups excluding carboxylic acids is 4. The minimum atomic E-state index is -1.05. The number of nitrogens with one attached hydrogen (secondary N) is 1. The Hall–Kier alpha value is -3.45. The first-order valence-electron chi connectivity index (χ1n) is 16.1. The van der Waals surface area contributed by atoms with Crippen molar-refractivity contribution in [1.29, 1.82) is 0 Å². The van der Waals surface area contributed by atoms with Crippen molar-refractivity contribution >= 4 is 58.3 Å². The summed E-state index contributed by atoms with van der Waals surface area (Å²) in [6.07, 6.45) is 4.24. The van der Waals surface area contributed by atoms with Crippen LogP contribution in [0, 0.1) is 5.92 Å². The average molecular weight is 719 g/mol. The highest BCUT2D eigenvalue weighted by Gasteiger charge is 2.42. The van der Waals surface area contributed by atoms with E-state index in [2.05, 4.69) is 15.2 Å². The van der Waals surface area contributed by atoms with Crippen molar-refractivity contribution in [3.05, 3.63) is 72.9 Å². The van der Waals surface area contributed by atoms with Gasteiger partial charge in [-0.25, -0.2) is 14.6 Å². The largest absolute Gasteiger partial charge is 0.466 e. The molecule has 2 amide bonds. The van der Waals surface area contributed by atoms with E-state index in [1.807, 2.05) is 17.2 Å². The maximum Gasteiger partial charge on any atom is 0.336 e. The van der Waals surface area contributed by atoms with Gasteiger partial charge in [0.05, 0.1) is 42.7 Å². The van der Waals surface area contributed by atoms with E-state index in [9.17, 15) is 19.2 Å². The third kappa shape index (κ3) is 8.05. The van der Waals surface area contributed by atoms with Gasteiger partial charge in [0.25, 0.3) is 0 Å². The Balaban J connectivity index is 1.38. The first-order valence-corrected chi connectivity index (χ1v) is 17.8. The fourth-order valence-electron chi connectivity index (χ4n) is 6.62. The molecule has 3 aliphatic rings. The number of piperazine rings is 1. The number of aromatic nitrogens is 1. The molecule has 1 N–H and O–H groups in total. The van der Waals surface area contributed by atoms with E-state index in [0.717, 1.165) is 37.5 Å². The van der Waals surface area contributed by atoms with Gasteiger partial charge in [-0.05, 0) is 37.9 Å². The number of esters is 2. The number of allylic oxidation sites excluding steroid dienone is 1. The predicted molar refractivity (Wildman–Crippen MR) is 183 cm³/mol. The van der Waals surface area contributed by atoms with Crippen LogP contribution in [0.15, 0.2) is 52.3 Å². The molecule has 2 saturated heterocycles. The second-order valence-electron chi connectivity index (χ2n) is 12.2. The molecule has 48 heavy (non-hydrogen) atoms. The van der Waals surface area contributed by atoms with E-state index in [0.29, 0.717) is 56.0 Å². The number of carbonyl (C=O) groups is 4. The average Bonchev–Trinajstić information content (AvgIpc) is 3.72. The molecule has 14 heteroatoms. The number of likely N-dealkylation sites (tertiary alicyclic amines) is 1. The van der Waals surface area contributed by atoms with Gasteiger partial charge in [-0.1, -0.05) is 36.2 Å². The van der Waals surface area contributed by atoms with Gasteiger partial charge >= 0.3 is 11.9 Å². The Labute approximate surface area is 294 Å². The molecule has 0 aliphatic carbocycles. The van der Waals surface area contributed by atoms with E-state index in [1.54, 1.807) is 29.3 Å². The van der Waals surface area contributed by atoms with Crippen molar-refractivity contribution in [2.75, 3.05) is 60.0 Å². The number of ether oxygens (including phenoxy) is 2.